The Morgan fingerprint density at radius 3 is 2.78 bits per heavy atom. The molecule has 1 fully saturated rings. The number of hydrogen-bond acceptors (Lipinski definition) is 4. The predicted molar refractivity (Wildman–Crippen MR) is 86.0 cm³/mol. The lowest BCUT2D eigenvalue weighted by Crippen LogP contribution is -2.40. The number of carbonyl (C=O) groups is 1. The van der Waals surface area contributed by atoms with Gasteiger partial charge in [-0.15, -0.1) is 0 Å². The first-order valence-electron chi connectivity index (χ1n) is 8.01. The molecule has 0 unspecified atom stereocenters. The Bertz CT molecular complexity index is 647. The number of aromatic nitrogens is 1. The van der Waals surface area contributed by atoms with E-state index in [9.17, 15) is 4.79 Å². The summed E-state index contributed by atoms with van der Waals surface area (Å²) >= 11 is 0. The highest BCUT2D eigenvalue weighted by molar-refractivity contribution is 5.79. The van der Waals surface area contributed by atoms with Gasteiger partial charge in [-0.25, -0.2) is 0 Å². The van der Waals surface area contributed by atoms with Crippen molar-refractivity contribution >= 4 is 5.91 Å². The van der Waals surface area contributed by atoms with Crippen LogP contribution in [0.25, 0.3) is 0 Å². The molecule has 1 saturated heterocycles. The van der Waals surface area contributed by atoms with Gasteiger partial charge in [-0.05, 0) is 32.3 Å². The number of amides is 1. The van der Waals surface area contributed by atoms with Crippen molar-refractivity contribution in [1.29, 1.82) is 0 Å². The maximum Gasteiger partial charge on any atom is 0.224 e. The zero-order valence-electron chi connectivity index (χ0n) is 13.5. The maximum absolute atomic E-state index is 12.3. The number of rotatable bonds is 4. The molecule has 23 heavy (non-hydrogen) atoms. The van der Waals surface area contributed by atoms with Crippen molar-refractivity contribution in [3.8, 4) is 0 Å². The average Bonchev–Trinajstić information content (AvgIpc) is 2.88. The largest absolute Gasteiger partial charge is 0.373 e. The molecule has 0 saturated carbocycles. The second-order valence-electron chi connectivity index (χ2n) is 6.04. The summed E-state index contributed by atoms with van der Waals surface area (Å²) in [6.45, 7) is 4.36. The second-order valence-corrected chi connectivity index (χ2v) is 6.04. The molecular weight excluding hydrogens is 292 g/mol. The summed E-state index contributed by atoms with van der Waals surface area (Å²) < 4.78 is 11.0. The van der Waals surface area contributed by atoms with E-state index in [0.717, 1.165) is 29.7 Å². The van der Waals surface area contributed by atoms with E-state index in [1.165, 1.54) is 0 Å². The Kier molecular flexibility index (Phi) is 4.76. The van der Waals surface area contributed by atoms with Crippen LogP contribution in [0.1, 0.15) is 41.5 Å². The first-order chi connectivity index (χ1) is 11.1. The minimum Gasteiger partial charge on any atom is -0.373 e. The fourth-order valence-corrected chi connectivity index (χ4v) is 3.02. The van der Waals surface area contributed by atoms with Gasteiger partial charge in [-0.1, -0.05) is 35.5 Å². The standard InChI is InChI=1S/C18H22N2O3/c1-12-16(13(2)23-20-12)11-18(21)19-15-8-9-22-17(10-15)14-6-4-3-5-7-14/h3-7,15,17H,8-11H2,1-2H3,(H,19,21)/t15-,17-/m0/s1. The van der Waals surface area contributed by atoms with Crippen LogP contribution in [0, 0.1) is 13.8 Å². The molecule has 0 spiro atoms. The lowest BCUT2D eigenvalue weighted by Gasteiger charge is -2.30. The third kappa shape index (κ3) is 3.79. The number of benzene rings is 1. The Morgan fingerprint density at radius 1 is 1.30 bits per heavy atom. The van der Waals surface area contributed by atoms with Gasteiger partial charge < -0.3 is 14.6 Å². The zero-order chi connectivity index (χ0) is 16.2. The van der Waals surface area contributed by atoms with Crippen LogP contribution in [0.5, 0.6) is 0 Å². The smallest absolute Gasteiger partial charge is 0.224 e. The molecule has 122 valence electrons. The Morgan fingerprint density at radius 2 is 2.09 bits per heavy atom. The monoisotopic (exact) mass is 314 g/mol. The highest BCUT2D eigenvalue weighted by Gasteiger charge is 2.25. The number of nitrogens with zero attached hydrogens (tertiary/aromatic N) is 1. The van der Waals surface area contributed by atoms with Crippen LogP contribution >= 0.6 is 0 Å². The van der Waals surface area contributed by atoms with Crippen LogP contribution in [0.15, 0.2) is 34.9 Å². The molecule has 0 bridgehead atoms. The maximum atomic E-state index is 12.3. The Hall–Kier alpha value is -2.14. The van der Waals surface area contributed by atoms with E-state index >= 15 is 0 Å². The van der Waals surface area contributed by atoms with Crippen LogP contribution in [-0.2, 0) is 16.0 Å². The van der Waals surface area contributed by atoms with Crippen LogP contribution < -0.4 is 5.32 Å². The van der Waals surface area contributed by atoms with Gasteiger partial charge in [0.1, 0.15) is 5.76 Å². The van der Waals surface area contributed by atoms with Crippen molar-refractivity contribution in [2.45, 2.75) is 45.3 Å². The summed E-state index contributed by atoms with van der Waals surface area (Å²) in [5.74, 6) is 0.727. The molecule has 1 aromatic carbocycles. The Balaban J connectivity index is 1.58. The molecular formula is C18H22N2O3. The first kappa shape index (κ1) is 15.7. The third-order valence-electron chi connectivity index (χ3n) is 4.34. The number of hydrogen-bond donors (Lipinski definition) is 1. The summed E-state index contributed by atoms with van der Waals surface area (Å²) in [5.41, 5.74) is 2.83. The summed E-state index contributed by atoms with van der Waals surface area (Å²) in [7, 11) is 0. The quantitative estimate of drug-likeness (QED) is 0.942. The van der Waals surface area contributed by atoms with Crippen molar-refractivity contribution in [3.05, 3.63) is 52.9 Å². The Labute approximate surface area is 136 Å². The van der Waals surface area contributed by atoms with Gasteiger partial charge in [0, 0.05) is 18.2 Å². The molecule has 2 atom stereocenters. The molecule has 0 aliphatic carbocycles. The van der Waals surface area contributed by atoms with E-state index in [2.05, 4.69) is 22.6 Å². The molecule has 2 heterocycles. The molecule has 1 amide bonds. The fraction of sp³-hybridized carbons (Fsp3) is 0.444. The lowest BCUT2D eigenvalue weighted by molar-refractivity contribution is -0.122. The summed E-state index contributed by atoms with van der Waals surface area (Å²) in [6, 6.07) is 10.3. The topological polar surface area (TPSA) is 64.4 Å². The molecule has 5 heteroatoms. The molecule has 3 rings (SSSR count). The molecule has 1 N–H and O–H groups in total. The van der Waals surface area contributed by atoms with E-state index in [4.69, 9.17) is 9.26 Å². The van der Waals surface area contributed by atoms with E-state index < -0.39 is 0 Å². The van der Waals surface area contributed by atoms with Crippen molar-refractivity contribution in [2.75, 3.05) is 6.61 Å². The van der Waals surface area contributed by atoms with E-state index in [1.807, 2.05) is 32.0 Å². The molecule has 1 aromatic heterocycles. The van der Waals surface area contributed by atoms with Crippen LogP contribution in [0.3, 0.4) is 0 Å². The highest BCUT2D eigenvalue weighted by atomic mass is 16.5. The summed E-state index contributed by atoms with van der Waals surface area (Å²) in [4.78, 5) is 12.3. The molecule has 0 radical (unpaired) electrons. The zero-order valence-corrected chi connectivity index (χ0v) is 13.5. The molecule has 5 nitrogen and oxygen atoms in total. The van der Waals surface area contributed by atoms with Crippen molar-refractivity contribution in [2.24, 2.45) is 0 Å². The van der Waals surface area contributed by atoms with E-state index in [-0.39, 0.29) is 18.1 Å². The number of carbonyl (C=O) groups excluding carboxylic acids is 1. The summed E-state index contributed by atoms with van der Waals surface area (Å²) in [5, 5.41) is 7.02. The minimum absolute atomic E-state index is 0.0121. The van der Waals surface area contributed by atoms with Gasteiger partial charge in [-0.2, -0.15) is 0 Å². The average molecular weight is 314 g/mol. The van der Waals surface area contributed by atoms with Crippen molar-refractivity contribution < 1.29 is 14.1 Å². The molecule has 1 aliphatic rings. The number of nitrogens with one attached hydrogen (secondary N) is 1. The summed E-state index contributed by atoms with van der Waals surface area (Å²) in [6.07, 6.45) is 2.01. The van der Waals surface area contributed by atoms with Gasteiger partial charge in [0.15, 0.2) is 0 Å². The van der Waals surface area contributed by atoms with Gasteiger partial charge in [0.25, 0.3) is 0 Å². The predicted octanol–water partition coefficient (Wildman–Crippen LogP) is 2.87. The van der Waals surface area contributed by atoms with E-state index in [0.29, 0.717) is 18.8 Å². The number of ether oxygens (including phenoxy) is 1. The van der Waals surface area contributed by atoms with Gasteiger partial charge in [-0.3, -0.25) is 4.79 Å². The SMILES string of the molecule is Cc1noc(C)c1CC(=O)N[C@H]1CCO[C@H](c2ccccc2)C1. The van der Waals surface area contributed by atoms with Crippen molar-refractivity contribution in [1.82, 2.24) is 10.5 Å². The van der Waals surface area contributed by atoms with Gasteiger partial charge >= 0.3 is 0 Å². The third-order valence-corrected chi connectivity index (χ3v) is 4.34. The lowest BCUT2D eigenvalue weighted by atomic mass is 9.97. The van der Waals surface area contributed by atoms with Gasteiger partial charge in [0.2, 0.25) is 5.91 Å². The van der Waals surface area contributed by atoms with E-state index in [1.54, 1.807) is 0 Å². The number of aryl methyl sites for hydroxylation is 2. The molecule has 2 aromatic rings. The van der Waals surface area contributed by atoms with Crippen LogP contribution in [0.4, 0.5) is 0 Å². The van der Waals surface area contributed by atoms with Crippen LogP contribution in [-0.4, -0.2) is 23.7 Å². The normalized spacial score (nSPS) is 21.1. The first-order valence-corrected chi connectivity index (χ1v) is 8.01. The van der Waals surface area contributed by atoms with Crippen molar-refractivity contribution in [3.63, 3.8) is 0 Å². The van der Waals surface area contributed by atoms with Crippen LogP contribution in [0.2, 0.25) is 0 Å². The van der Waals surface area contributed by atoms with Gasteiger partial charge in [0.05, 0.1) is 18.2 Å². The highest BCUT2D eigenvalue weighted by Crippen LogP contribution is 2.28. The second kappa shape index (κ2) is 6.96. The minimum atomic E-state index is 0.0121. The fourth-order valence-electron chi connectivity index (χ4n) is 3.02. The molecule has 1 aliphatic heterocycles.